The minimum absolute atomic E-state index is 0.0207. The number of hydrogen-bond donors (Lipinski definition) is 4. The van der Waals surface area contributed by atoms with Gasteiger partial charge in [-0.25, -0.2) is 0 Å². The van der Waals surface area contributed by atoms with Crippen molar-refractivity contribution in [3.63, 3.8) is 0 Å². The lowest BCUT2D eigenvalue weighted by molar-refractivity contribution is -0.384. The SMILES string of the molecule is O=C(Nc1ccc([N+](=O)[O-])cc1)[C@H](O)[C@@H](O)C(=O)N1CCC2(CCNC2=O)CC1. The molecule has 1 aromatic carbocycles. The number of aliphatic hydroxyl groups excluding tert-OH is 2. The zero-order chi connectivity index (χ0) is 21.2. The van der Waals surface area contributed by atoms with Crippen LogP contribution in [-0.2, 0) is 14.4 Å². The number of carbonyl (C=O) groups excluding carboxylic acids is 3. The van der Waals surface area contributed by atoms with E-state index in [4.69, 9.17) is 0 Å². The molecule has 0 saturated carbocycles. The van der Waals surface area contributed by atoms with E-state index in [-0.39, 0.29) is 30.4 Å². The molecule has 3 amide bonds. The molecule has 0 aliphatic carbocycles. The quantitative estimate of drug-likeness (QED) is 0.374. The Morgan fingerprint density at radius 3 is 2.28 bits per heavy atom. The lowest BCUT2D eigenvalue weighted by Crippen LogP contribution is -2.53. The van der Waals surface area contributed by atoms with Crippen LogP contribution in [0.25, 0.3) is 0 Å². The predicted molar refractivity (Wildman–Crippen MR) is 99.6 cm³/mol. The second kappa shape index (κ2) is 8.13. The average molecular weight is 406 g/mol. The van der Waals surface area contributed by atoms with Crippen LogP contribution in [-0.4, -0.2) is 69.6 Å². The Labute approximate surface area is 165 Å². The first-order valence-corrected chi connectivity index (χ1v) is 9.22. The molecule has 1 spiro atoms. The fourth-order valence-electron chi connectivity index (χ4n) is 3.70. The van der Waals surface area contributed by atoms with Crippen LogP contribution in [0, 0.1) is 15.5 Å². The van der Waals surface area contributed by atoms with Crippen molar-refractivity contribution in [2.75, 3.05) is 25.0 Å². The number of amides is 3. The minimum atomic E-state index is -2.01. The van der Waals surface area contributed by atoms with Crippen molar-refractivity contribution in [3.8, 4) is 0 Å². The van der Waals surface area contributed by atoms with Gasteiger partial charge in [0.05, 0.1) is 10.3 Å². The highest BCUT2D eigenvalue weighted by Gasteiger charge is 2.46. The molecule has 11 nitrogen and oxygen atoms in total. The fourth-order valence-corrected chi connectivity index (χ4v) is 3.70. The number of aliphatic hydroxyl groups is 2. The van der Waals surface area contributed by atoms with Gasteiger partial charge in [0.2, 0.25) is 5.91 Å². The number of anilines is 1. The van der Waals surface area contributed by atoms with Crippen molar-refractivity contribution in [1.29, 1.82) is 0 Å². The zero-order valence-corrected chi connectivity index (χ0v) is 15.5. The number of nitrogens with one attached hydrogen (secondary N) is 2. The molecular formula is C18H22N4O7. The topological polar surface area (TPSA) is 162 Å². The summed E-state index contributed by atoms with van der Waals surface area (Å²) in [6.45, 7) is 1.11. The first-order valence-electron chi connectivity index (χ1n) is 9.22. The highest BCUT2D eigenvalue weighted by molar-refractivity contribution is 5.98. The van der Waals surface area contributed by atoms with Crippen molar-refractivity contribution in [2.24, 2.45) is 5.41 Å². The molecule has 2 fully saturated rings. The molecule has 1 aromatic rings. The lowest BCUT2D eigenvalue weighted by Gasteiger charge is -2.38. The highest BCUT2D eigenvalue weighted by atomic mass is 16.6. The molecule has 0 unspecified atom stereocenters. The Morgan fingerprint density at radius 1 is 1.14 bits per heavy atom. The number of benzene rings is 1. The third-order valence-corrected chi connectivity index (χ3v) is 5.57. The van der Waals surface area contributed by atoms with Crippen molar-refractivity contribution in [3.05, 3.63) is 34.4 Å². The van der Waals surface area contributed by atoms with Crippen LogP contribution in [0.5, 0.6) is 0 Å². The first kappa shape index (κ1) is 20.7. The maximum Gasteiger partial charge on any atom is 0.269 e. The summed E-state index contributed by atoms with van der Waals surface area (Å²) in [5.41, 5.74) is -0.475. The van der Waals surface area contributed by atoms with Crippen molar-refractivity contribution in [1.82, 2.24) is 10.2 Å². The van der Waals surface area contributed by atoms with Crippen LogP contribution in [0.3, 0.4) is 0 Å². The molecule has 156 valence electrons. The number of rotatable bonds is 5. The van der Waals surface area contributed by atoms with E-state index >= 15 is 0 Å². The third kappa shape index (κ3) is 4.20. The van der Waals surface area contributed by atoms with E-state index < -0.39 is 34.4 Å². The van der Waals surface area contributed by atoms with Crippen LogP contribution >= 0.6 is 0 Å². The monoisotopic (exact) mass is 406 g/mol. The average Bonchev–Trinajstić information content (AvgIpc) is 3.07. The molecule has 2 aliphatic heterocycles. The number of likely N-dealkylation sites (tertiary alicyclic amines) is 1. The number of nitro groups is 1. The summed E-state index contributed by atoms with van der Waals surface area (Å²) >= 11 is 0. The van der Waals surface area contributed by atoms with E-state index in [9.17, 15) is 34.7 Å². The van der Waals surface area contributed by atoms with E-state index in [0.717, 1.165) is 0 Å². The van der Waals surface area contributed by atoms with Gasteiger partial charge < -0.3 is 25.7 Å². The van der Waals surface area contributed by atoms with Crippen LogP contribution < -0.4 is 10.6 Å². The Hall–Kier alpha value is -3.05. The first-order chi connectivity index (χ1) is 13.7. The smallest absolute Gasteiger partial charge is 0.269 e. The Kier molecular flexibility index (Phi) is 5.80. The molecule has 0 bridgehead atoms. The summed E-state index contributed by atoms with van der Waals surface area (Å²) in [6, 6.07) is 4.89. The number of nitro benzene ring substituents is 1. The molecule has 29 heavy (non-hydrogen) atoms. The summed E-state index contributed by atoms with van der Waals surface area (Å²) in [5, 5.41) is 35.9. The molecule has 2 saturated heterocycles. The normalized spacial score (nSPS) is 20.1. The van der Waals surface area contributed by atoms with Gasteiger partial charge in [-0.2, -0.15) is 0 Å². The highest BCUT2D eigenvalue weighted by Crippen LogP contribution is 2.38. The standard InChI is InChI=1S/C18H22N4O7/c23-13(15(25)20-11-1-3-12(4-2-11)22(28)29)14(24)16(26)21-9-6-18(7-10-21)5-8-19-17(18)27/h1-4,13-14,23-24H,5-10H2,(H,19,27)(H,20,25)/t13-,14-/m1/s1. The Bertz CT molecular complexity index is 818. The van der Waals surface area contributed by atoms with Crippen LogP contribution in [0.2, 0.25) is 0 Å². The second-order valence-corrected chi connectivity index (χ2v) is 7.29. The van der Waals surface area contributed by atoms with Crippen LogP contribution in [0.4, 0.5) is 11.4 Å². The van der Waals surface area contributed by atoms with Crippen molar-refractivity contribution < 1.29 is 29.5 Å². The Morgan fingerprint density at radius 2 is 1.76 bits per heavy atom. The van der Waals surface area contributed by atoms with Gasteiger partial charge in [-0.15, -0.1) is 0 Å². The summed E-state index contributed by atoms with van der Waals surface area (Å²) in [4.78, 5) is 48.0. The molecule has 2 atom stereocenters. The zero-order valence-electron chi connectivity index (χ0n) is 15.5. The molecule has 2 aliphatic rings. The maximum absolute atomic E-state index is 12.5. The van der Waals surface area contributed by atoms with Crippen molar-refractivity contribution in [2.45, 2.75) is 31.5 Å². The molecule has 0 radical (unpaired) electrons. The van der Waals surface area contributed by atoms with Gasteiger partial charge in [0.25, 0.3) is 17.5 Å². The molecule has 3 rings (SSSR count). The number of non-ortho nitro benzene ring substituents is 1. The lowest BCUT2D eigenvalue weighted by atomic mass is 9.77. The Balaban J connectivity index is 1.55. The summed E-state index contributed by atoms with van der Waals surface area (Å²) < 4.78 is 0. The summed E-state index contributed by atoms with van der Waals surface area (Å²) in [6.07, 6.45) is -2.34. The number of carbonyl (C=O) groups is 3. The third-order valence-electron chi connectivity index (χ3n) is 5.57. The van der Waals surface area contributed by atoms with E-state index in [1.807, 2.05) is 0 Å². The molecule has 4 N–H and O–H groups in total. The largest absolute Gasteiger partial charge is 0.380 e. The van der Waals surface area contributed by atoms with E-state index in [1.54, 1.807) is 0 Å². The van der Waals surface area contributed by atoms with Gasteiger partial charge >= 0.3 is 0 Å². The molecule has 2 heterocycles. The predicted octanol–water partition coefficient (Wildman–Crippen LogP) is -0.616. The summed E-state index contributed by atoms with van der Waals surface area (Å²) in [5.74, 6) is -1.82. The summed E-state index contributed by atoms with van der Waals surface area (Å²) in [7, 11) is 0. The van der Waals surface area contributed by atoms with Gasteiger partial charge in [0.15, 0.2) is 12.2 Å². The van der Waals surface area contributed by atoms with E-state index in [2.05, 4.69) is 10.6 Å². The van der Waals surface area contributed by atoms with Crippen LogP contribution in [0.15, 0.2) is 24.3 Å². The second-order valence-electron chi connectivity index (χ2n) is 7.29. The van der Waals surface area contributed by atoms with Gasteiger partial charge in [-0.3, -0.25) is 24.5 Å². The number of piperidine rings is 1. The molecule has 11 heteroatoms. The van der Waals surface area contributed by atoms with Gasteiger partial charge in [-0.05, 0) is 31.4 Å². The number of hydrogen-bond acceptors (Lipinski definition) is 7. The minimum Gasteiger partial charge on any atom is -0.380 e. The fraction of sp³-hybridized carbons (Fsp3) is 0.500. The van der Waals surface area contributed by atoms with E-state index in [1.165, 1.54) is 29.2 Å². The van der Waals surface area contributed by atoms with E-state index in [0.29, 0.717) is 25.8 Å². The van der Waals surface area contributed by atoms with Crippen molar-refractivity contribution >= 4 is 29.1 Å². The van der Waals surface area contributed by atoms with Gasteiger partial charge in [0.1, 0.15) is 0 Å². The van der Waals surface area contributed by atoms with Crippen LogP contribution in [0.1, 0.15) is 19.3 Å². The van der Waals surface area contributed by atoms with Gasteiger partial charge in [0, 0.05) is 37.5 Å². The molecule has 0 aromatic heterocycles. The molecular weight excluding hydrogens is 384 g/mol. The number of nitrogens with zero attached hydrogens (tertiary/aromatic N) is 2. The maximum atomic E-state index is 12.5. The van der Waals surface area contributed by atoms with Gasteiger partial charge in [-0.1, -0.05) is 0 Å².